The SMILES string of the molecule is CCc1nccn1Cc1cn(-c2ccc(OC(F)(F)F)cc2)cn1. The molecule has 3 aromatic rings. The van der Waals surface area contributed by atoms with Gasteiger partial charge in [-0.05, 0) is 24.3 Å². The van der Waals surface area contributed by atoms with E-state index >= 15 is 0 Å². The highest BCUT2D eigenvalue weighted by molar-refractivity contribution is 5.37. The number of nitrogens with zero attached hydrogens (tertiary/aromatic N) is 4. The number of halogens is 3. The Morgan fingerprint density at radius 1 is 1.12 bits per heavy atom. The summed E-state index contributed by atoms with van der Waals surface area (Å²) in [4.78, 5) is 8.59. The number of benzene rings is 1. The number of aromatic nitrogens is 4. The first-order valence-electron chi connectivity index (χ1n) is 7.33. The molecule has 0 fully saturated rings. The molecule has 2 heterocycles. The van der Waals surface area contributed by atoms with Crippen LogP contribution in [0.1, 0.15) is 18.4 Å². The smallest absolute Gasteiger partial charge is 0.406 e. The Labute approximate surface area is 136 Å². The molecule has 0 aliphatic heterocycles. The van der Waals surface area contributed by atoms with Crippen molar-refractivity contribution in [2.24, 2.45) is 0 Å². The lowest BCUT2D eigenvalue weighted by Crippen LogP contribution is -2.17. The number of aryl methyl sites for hydroxylation is 1. The van der Waals surface area contributed by atoms with Gasteiger partial charge in [0.2, 0.25) is 0 Å². The predicted molar refractivity (Wildman–Crippen MR) is 81.0 cm³/mol. The van der Waals surface area contributed by atoms with E-state index in [-0.39, 0.29) is 5.75 Å². The van der Waals surface area contributed by atoms with Crippen LogP contribution in [0.3, 0.4) is 0 Å². The Bertz CT molecular complexity index is 805. The van der Waals surface area contributed by atoms with Crippen molar-refractivity contribution >= 4 is 0 Å². The number of ether oxygens (including phenoxy) is 1. The minimum absolute atomic E-state index is 0.252. The summed E-state index contributed by atoms with van der Waals surface area (Å²) < 4.78 is 44.1. The van der Waals surface area contributed by atoms with Gasteiger partial charge in [-0.2, -0.15) is 0 Å². The Morgan fingerprint density at radius 2 is 1.88 bits per heavy atom. The first kappa shape index (κ1) is 16.1. The molecule has 0 bridgehead atoms. The van der Waals surface area contributed by atoms with Crippen LogP contribution < -0.4 is 4.74 Å². The van der Waals surface area contributed by atoms with E-state index in [0.717, 1.165) is 17.9 Å². The minimum Gasteiger partial charge on any atom is -0.406 e. The molecule has 0 saturated carbocycles. The minimum atomic E-state index is -4.69. The van der Waals surface area contributed by atoms with E-state index in [4.69, 9.17) is 0 Å². The van der Waals surface area contributed by atoms with Crippen LogP contribution in [0.2, 0.25) is 0 Å². The van der Waals surface area contributed by atoms with Crippen LogP contribution in [0.5, 0.6) is 5.75 Å². The molecule has 1 aromatic carbocycles. The second-order valence-electron chi connectivity index (χ2n) is 5.14. The summed E-state index contributed by atoms with van der Waals surface area (Å²) >= 11 is 0. The number of alkyl halides is 3. The van der Waals surface area contributed by atoms with Gasteiger partial charge in [-0.15, -0.1) is 13.2 Å². The summed E-state index contributed by atoms with van der Waals surface area (Å²) in [6.45, 7) is 2.62. The molecular formula is C16H15F3N4O. The zero-order valence-corrected chi connectivity index (χ0v) is 12.9. The molecule has 0 spiro atoms. The molecule has 24 heavy (non-hydrogen) atoms. The van der Waals surface area contributed by atoms with Gasteiger partial charge in [0.25, 0.3) is 0 Å². The van der Waals surface area contributed by atoms with Gasteiger partial charge in [-0.1, -0.05) is 6.92 Å². The third-order valence-electron chi connectivity index (χ3n) is 3.45. The van der Waals surface area contributed by atoms with E-state index in [0.29, 0.717) is 12.2 Å². The molecule has 2 aromatic heterocycles. The maximum Gasteiger partial charge on any atom is 0.573 e. The van der Waals surface area contributed by atoms with Crippen LogP contribution in [-0.2, 0) is 13.0 Å². The second kappa shape index (κ2) is 6.38. The maximum absolute atomic E-state index is 12.2. The zero-order valence-electron chi connectivity index (χ0n) is 12.9. The molecule has 0 amide bonds. The Balaban J connectivity index is 1.73. The van der Waals surface area contributed by atoms with E-state index in [9.17, 15) is 13.2 Å². The zero-order chi connectivity index (χ0) is 17.2. The Kier molecular flexibility index (Phi) is 4.28. The lowest BCUT2D eigenvalue weighted by molar-refractivity contribution is -0.274. The molecule has 5 nitrogen and oxygen atoms in total. The van der Waals surface area contributed by atoms with Crippen LogP contribution in [0.25, 0.3) is 5.69 Å². The summed E-state index contributed by atoms with van der Waals surface area (Å²) in [5, 5.41) is 0. The van der Waals surface area contributed by atoms with Crippen molar-refractivity contribution in [1.29, 1.82) is 0 Å². The van der Waals surface area contributed by atoms with Crippen molar-refractivity contribution in [3.8, 4) is 11.4 Å². The molecule has 0 N–H and O–H groups in total. The Morgan fingerprint density at radius 3 is 2.54 bits per heavy atom. The van der Waals surface area contributed by atoms with E-state index in [1.54, 1.807) is 29.2 Å². The van der Waals surface area contributed by atoms with E-state index < -0.39 is 6.36 Å². The second-order valence-corrected chi connectivity index (χ2v) is 5.14. The van der Waals surface area contributed by atoms with Crippen molar-refractivity contribution in [3.63, 3.8) is 0 Å². The molecule has 0 radical (unpaired) electrons. The molecular weight excluding hydrogens is 321 g/mol. The third kappa shape index (κ3) is 3.76. The highest BCUT2D eigenvalue weighted by Gasteiger charge is 2.30. The number of rotatable bonds is 5. The summed E-state index contributed by atoms with van der Waals surface area (Å²) in [7, 11) is 0. The van der Waals surface area contributed by atoms with Crippen LogP contribution in [-0.4, -0.2) is 25.5 Å². The van der Waals surface area contributed by atoms with Gasteiger partial charge in [0.1, 0.15) is 11.6 Å². The Hall–Kier alpha value is -2.77. The maximum atomic E-state index is 12.2. The standard InChI is InChI=1S/C16H15F3N4O/c1-2-15-20-7-8-22(15)9-12-10-23(11-21-12)13-3-5-14(6-4-13)24-16(17,18)19/h3-8,10-11H,2,9H2,1H3. The summed E-state index contributed by atoms with van der Waals surface area (Å²) in [5.74, 6) is 0.718. The van der Waals surface area contributed by atoms with E-state index in [1.807, 2.05) is 23.9 Å². The molecule has 126 valence electrons. The molecule has 0 aliphatic rings. The first-order chi connectivity index (χ1) is 11.4. The average Bonchev–Trinajstić information content (AvgIpc) is 3.16. The molecule has 0 unspecified atom stereocenters. The van der Waals surface area contributed by atoms with Crippen LogP contribution in [0, 0.1) is 0 Å². The molecule has 8 heteroatoms. The predicted octanol–water partition coefficient (Wildman–Crippen LogP) is 3.58. The van der Waals surface area contributed by atoms with E-state index in [1.165, 1.54) is 12.1 Å². The number of imidazole rings is 2. The van der Waals surface area contributed by atoms with Crippen LogP contribution in [0.4, 0.5) is 13.2 Å². The van der Waals surface area contributed by atoms with Crippen LogP contribution in [0.15, 0.2) is 49.2 Å². The van der Waals surface area contributed by atoms with Gasteiger partial charge in [-0.3, -0.25) is 0 Å². The fraction of sp³-hybridized carbons (Fsp3) is 0.250. The van der Waals surface area contributed by atoms with Gasteiger partial charge in [0, 0.05) is 30.7 Å². The summed E-state index contributed by atoms with van der Waals surface area (Å²) in [6, 6.07) is 5.63. The highest BCUT2D eigenvalue weighted by atomic mass is 19.4. The van der Waals surface area contributed by atoms with Gasteiger partial charge in [-0.25, -0.2) is 9.97 Å². The summed E-state index contributed by atoms with van der Waals surface area (Å²) in [5.41, 5.74) is 1.53. The highest BCUT2D eigenvalue weighted by Crippen LogP contribution is 2.23. The average molecular weight is 336 g/mol. The van der Waals surface area contributed by atoms with E-state index in [2.05, 4.69) is 14.7 Å². The summed E-state index contributed by atoms with van der Waals surface area (Å²) in [6.07, 6.45) is 3.23. The third-order valence-corrected chi connectivity index (χ3v) is 3.45. The van der Waals surface area contributed by atoms with Gasteiger partial charge >= 0.3 is 6.36 Å². The van der Waals surface area contributed by atoms with Crippen molar-refractivity contribution in [2.45, 2.75) is 26.3 Å². The molecule has 3 rings (SSSR count). The fourth-order valence-electron chi connectivity index (χ4n) is 2.38. The quantitative estimate of drug-likeness (QED) is 0.715. The van der Waals surface area contributed by atoms with Crippen LogP contribution >= 0.6 is 0 Å². The number of hydrogen-bond donors (Lipinski definition) is 0. The van der Waals surface area contributed by atoms with Crippen molar-refractivity contribution in [2.75, 3.05) is 0 Å². The molecule has 0 aliphatic carbocycles. The van der Waals surface area contributed by atoms with Crippen molar-refractivity contribution < 1.29 is 17.9 Å². The normalized spacial score (nSPS) is 11.7. The number of hydrogen-bond acceptors (Lipinski definition) is 3. The fourth-order valence-corrected chi connectivity index (χ4v) is 2.38. The van der Waals surface area contributed by atoms with Gasteiger partial charge in [0.15, 0.2) is 0 Å². The topological polar surface area (TPSA) is 44.9 Å². The largest absolute Gasteiger partial charge is 0.573 e. The van der Waals surface area contributed by atoms with Crippen molar-refractivity contribution in [1.82, 2.24) is 19.1 Å². The van der Waals surface area contributed by atoms with Gasteiger partial charge < -0.3 is 13.9 Å². The lowest BCUT2D eigenvalue weighted by atomic mass is 10.3. The first-order valence-corrected chi connectivity index (χ1v) is 7.33. The molecule has 0 atom stereocenters. The monoisotopic (exact) mass is 336 g/mol. The van der Waals surface area contributed by atoms with Gasteiger partial charge in [0.05, 0.1) is 18.6 Å². The lowest BCUT2D eigenvalue weighted by Gasteiger charge is -2.09. The van der Waals surface area contributed by atoms with Crippen molar-refractivity contribution in [3.05, 3.63) is 60.7 Å². The molecule has 0 saturated heterocycles.